The van der Waals surface area contributed by atoms with E-state index in [2.05, 4.69) is 60.0 Å². The predicted octanol–water partition coefficient (Wildman–Crippen LogP) is 3.57. The van der Waals surface area contributed by atoms with Crippen LogP contribution in [0.15, 0.2) is 0 Å². The molecule has 0 bridgehead atoms. The minimum absolute atomic E-state index is 0.341. The molecule has 0 aliphatic rings. The van der Waals surface area contributed by atoms with Crippen LogP contribution in [-0.4, -0.2) is 10.3 Å². The van der Waals surface area contributed by atoms with Gasteiger partial charge in [0.05, 0.1) is 0 Å². The summed E-state index contributed by atoms with van der Waals surface area (Å²) >= 11 is 0. The van der Waals surface area contributed by atoms with Gasteiger partial charge in [0.2, 0.25) is 0 Å². The molecule has 0 aliphatic carbocycles. The quantitative estimate of drug-likeness (QED) is 0.619. The molecule has 0 aromatic rings. The molecule has 0 aromatic carbocycles. The van der Waals surface area contributed by atoms with Crippen molar-refractivity contribution in [1.29, 1.82) is 0 Å². The van der Waals surface area contributed by atoms with Crippen LogP contribution in [0.4, 0.5) is 0 Å². The van der Waals surface area contributed by atoms with Gasteiger partial charge in [0, 0.05) is 0 Å². The van der Waals surface area contributed by atoms with Crippen molar-refractivity contribution in [2.45, 2.75) is 51.9 Å². The summed E-state index contributed by atoms with van der Waals surface area (Å²) in [7, 11) is 5.90. The van der Waals surface area contributed by atoms with Gasteiger partial charge in [0.15, 0.2) is 0 Å². The van der Waals surface area contributed by atoms with Gasteiger partial charge < -0.3 is 0 Å². The lowest BCUT2D eigenvalue weighted by Crippen LogP contribution is -2.36. The van der Waals surface area contributed by atoms with E-state index in [0.29, 0.717) is 10.3 Å². The zero-order valence-electron chi connectivity index (χ0n) is 9.31. The minimum Gasteiger partial charge on any atom is -0.131 e. The lowest BCUT2D eigenvalue weighted by Gasteiger charge is -2.39. The summed E-state index contributed by atoms with van der Waals surface area (Å²) in [5.41, 5.74) is 0. The summed E-state index contributed by atoms with van der Waals surface area (Å²) in [5, 5.41) is 0.681. The second-order valence-electron chi connectivity index (χ2n) is 5.22. The van der Waals surface area contributed by atoms with Crippen LogP contribution in [0.25, 0.3) is 0 Å². The minimum atomic E-state index is 0.341. The molecule has 12 heavy (non-hydrogen) atoms. The molecule has 0 heterocycles. The van der Waals surface area contributed by atoms with E-state index in [-0.39, 0.29) is 0 Å². The van der Waals surface area contributed by atoms with Crippen LogP contribution < -0.4 is 0 Å². The smallest absolute Gasteiger partial charge is 0.0178 e. The molecule has 74 valence electrons. The summed E-state index contributed by atoms with van der Waals surface area (Å²) in [6.45, 7) is 13.8. The standard InChI is InChI=1S/C10H24P2/c1-7(9(3,4)11)8(2)10(5,6)12/h7-8H,11-12H2,1-6H3. The molecule has 4 unspecified atom stereocenters. The van der Waals surface area contributed by atoms with Crippen molar-refractivity contribution in [3.05, 3.63) is 0 Å². The average molecular weight is 206 g/mol. The third kappa shape index (κ3) is 3.71. The first-order valence-electron chi connectivity index (χ1n) is 4.64. The van der Waals surface area contributed by atoms with E-state index in [0.717, 1.165) is 11.8 Å². The summed E-state index contributed by atoms with van der Waals surface area (Å²) in [6.07, 6.45) is 0. The molecule has 0 aromatic heterocycles. The molecular weight excluding hydrogens is 182 g/mol. The van der Waals surface area contributed by atoms with Crippen molar-refractivity contribution >= 4 is 18.5 Å². The molecule has 0 saturated heterocycles. The van der Waals surface area contributed by atoms with Crippen LogP contribution in [0.2, 0.25) is 0 Å². The molecule has 0 fully saturated rings. The maximum absolute atomic E-state index is 2.95. The van der Waals surface area contributed by atoms with Crippen molar-refractivity contribution in [2.24, 2.45) is 11.8 Å². The monoisotopic (exact) mass is 206 g/mol. The van der Waals surface area contributed by atoms with Gasteiger partial charge in [0.1, 0.15) is 0 Å². The Labute approximate surface area is 82.7 Å². The van der Waals surface area contributed by atoms with Crippen LogP contribution in [0, 0.1) is 11.8 Å². The van der Waals surface area contributed by atoms with E-state index in [4.69, 9.17) is 0 Å². The van der Waals surface area contributed by atoms with Crippen molar-refractivity contribution < 1.29 is 0 Å². The largest absolute Gasteiger partial charge is 0.131 e. The Balaban J connectivity index is 4.41. The Bertz CT molecular complexity index is 121. The predicted molar refractivity (Wildman–Crippen MR) is 65.9 cm³/mol. The number of hydrogen-bond donors (Lipinski definition) is 0. The van der Waals surface area contributed by atoms with E-state index < -0.39 is 0 Å². The SMILES string of the molecule is CC(C(C)C(C)(C)P)C(C)(C)P. The average Bonchev–Trinajstić information content (AvgIpc) is 1.80. The highest BCUT2D eigenvalue weighted by Crippen LogP contribution is 2.40. The van der Waals surface area contributed by atoms with E-state index in [9.17, 15) is 0 Å². The van der Waals surface area contributed by atoms with Gasteiger partial charge in [-0.2, -0.15) is 0 Å². The summed E-state index contributed by atoms with van der Waals surface area (Å²) in [5.74, 6) is 1.44. The molecule has 0 nitrogen and oxygen atoms in total. The van der Waals surface area contributed by atoms with E-state index in [1.807, 2.05) is 0 Å². The highest BCUT2D eigenvalue weighted by Gasteiger charge is 2.32. The van der Waals surface area contributed by atoms with Gasteiger partial charge in [-0.3, -0.25) is 0 Å². The Morgan fingerprint density at radius 1 is 0.750 bits per heavy atom. The van der Waals surface area contributed by atoms with Crippen LogP contribution in [0.1, 0.15) is 41.5 Å². The lowest BCUT2D eigenvalue weighted by atomic mass is 9.78. The first kappa shape index (κ1) is 12.9. The van der Waals surface area contributed by atoms with Gasteiger partial charge >= 0.3 is 0 Å². The van der Waals surface area contributed by atoms with Crippen molar-refractivity contribution in [3.63, 3.8) is 0 Å². The first-order chi connectivity index (χ1) is 5.07. The number of rotatable bonds is 3. The Morgan fingerprint density at radius 2 is 0.917 bits per heavy atom. The van der Waals surface area contributed by atoms with E-state index >= 15 is 0 Å². The molecule has 2 heteroatoms. The van der Waals surface area contributed by atoms with Crippen LogP contribution in [0.5, 0.6) is 0 Å². The summed E-state index contributed by atoms with van der Waals surface area (Å²) < 4.78 is 0. The zero-order chi connectivity index (χ0) is 10.2. The fourth-order valence-electron chi connectivity index (χ4n) is 1.29. The maximum atomic E-state index is 2.95. The van der Waals surface area contributed by atoms with E-state index in [1.54, 1.807) is 0 Å². The summed E-state index contributed by atoms with van der Waals surface area (Å²) in [4.78, 5) is 0. The van der Waals surface area contributed by atoms with Crippen molar-refractivity contribution in [3.8, 4) is 0 Å². The zero-order valence-corrected chi connectivity index (χ0v) is 11.6. The van der Waals surface area contributed by atoms with E-state index in [1.165, 1.54) is 0 Å². The molecule has 0 N–H and O–H groups in total. The van der Waals surface area contributed by atoms with Gasteiger partial charge in [-0.15, -0.1) is 18.5 Å². The second-order valence-corrected chi connectivity index (χ2v) is 8.20. The Morgan fingerprint density at radius 3 is 1.00 bits per heavy atom. The Kier molecular flexibility index (Phi) is 4.21. The first-order valence-corrected chi connectivity index (χ1v) is 5.80. The van der Waals surface area contributed by atoms with Crippen molar-refractivity contribution in [2.75, 3.05) is 0 Å². The number of hydrogen-bond acceptors (Lipinski definition) is 0. The molecular formula is C10H24P2. The normalized spacial score (nSPS) is 19.0. The molecule has 0 rings (SSSR count). The Hall–Kier alpha value is 0.860. The second kappa shape index (κ2) is 3.93. The fraction of sp³-hybridized carbons (Fsp3) is 1.00. The third-order valence-corrected chi connectivity index (χ3v) is 4.15. The van der Waals surface area contributed by atoms with Gasteiger partial charge in [0.25, 0.3) is 0 Å². The molecule has 4 atom stereocenters. The maximum Gasteiger partial charge on any atom is -0.0178 e. The molecule has 0 aliphatic heterocycles. The molecule has 0 spiro atoms. The van der Waals surface area contributed by atoms with Crippen LogP contribution >= 0.6 is 18.5 Å². The highest BCUT2D eigenvalue weighted by molar-refractivity contribution is 7.19. The summed E-state index contributed by atoms with van der Waals surface area (Å²) in [6, 6.07) is 0. The topological polar surface area (TPSA) is 0 Å². The highest BCUT2D eigenvalue weighted by atomic mass is 31.0. The molecule has 0 radical (unpaired) electrons. The fourth-order valence-corrected chi connectivity index (χ4v) is 1.87. The van der Waals surface area contributed by atoms with Gasteiger partial charge in [-0.05, 0) is 22.1 Å². The molecule has 0 amide bonds. The van der Waals surface area contributed by atoms with Gasteiger partial charge in [-0.1, -0.05) is 41.5 Å². The van der Waals surface area contributed by atoms with Gasteiger partial charge in [-0.25, -0.2) is 0 Å². The lowest BCUT2D eigenvalue weighted by molar-refractivity contribution is 0.276. The van der Waals surface area contributed by atoms with Crippen LogP contribution in [0.3, 0.4) is 0 Å². The van der Waals surface area contributed by atoms with Crippen LogP contribution in [-0.2, 0) is 0 Å². The third-order valence-electron chi connectivity index (χ3n) is 3.10. The molecule has 0 saturated carbocycles. The van der Waals surface area contributed by atoms with Crippen molar-refractivity contribution in [1.82, 2.24) is 0 Å².